The number of methoxy groups -OCH3 is 1. The quantitative estimate of drug-likeness (QED) is 0.646. The number of pyridine rings is 2. The molecule has 1 amide bonds. The lowest BCUT2D eigenvalue weighted by atomic mass is 10.2. The monoisotopic (exact) mass is 338 g/mol. The Morgan fingerprint density at radius 1 is 1.24 bits per heavy atom. The highest BCUT2D eigenvalue weighted by molar-refractivity contribution is 5.94. The third-order valence-electron chi connectivity index (χ3n) is 3.58. The van der Waals surface area contributed by atoms with Crippen molar-refractivity contribution < 1.29 is 9.53 Å². The highest BCUT2D eigenvalue weighted by Crippen LogP contribution is 2.11. The molecule has 0 N–H and O–H groups in total. The van der Waals surface area contributed by atoms with Crippen LogP contribution < -0.4 is 0 Å². The molecule has 0 fully saturated rings. The zero-order chi connectivity index (χ0) is 17.5. The maximum absolute atomic E-state index is 12.9. The summed E-state index contributed by atoms with van der Waals surface area (Å²) in [5.74, 6) is 0.416. The molecule has 0 bridgehead atoms. The molecule has 8 nitrogen and oxygen atoms in total. The predicted molar refractivity (Wildman–Crippen MR) is 90.0 cm³/mol. The molecule has 0 saturated heterocycles. The van der Waals surface area contributed by atoms with Crippen molar-refractivity contribution >= 4 is 5.91 Å². The van der Waals surface area contributed by atoms with E-state index in [0.717, 1.165) is 5.69 Å². The van der Waals surface area contributed by atoms with Crippen LogP contribution in [0.5, 0.6) is 0 Å². The molecule has 8 heteroatoms. The minimum absolute atomic E-state index is 0.119. The third-order valence-corrected chi connectivity index (χ3v) is 3.58. The van der Waals surface area contributed by atoms with Crippen molar-refractivity contribution in [2.24, 2.45) is 0 Å². The molecule has 0 aliphatic carbocycles. The summed E-state index contributed by atoms with van der Waals surface area (Å²) in [5.41, 5.74) is 1.34. The van der Waals surface area contributed by atoms with Gasteiger partial charge in [0.2, 0.25) is 0 Å². The van der Waals surface area contributed by atoms with Crippen LogP contribution in [0.2, 0.25) is 0 Å². The number of carbonyl (C=O) groups excluding carboxylic acids is 1. The van der Waals surface area contributed by atoms with Gasteiger partial charge in [0.1, 0.15) is 12.7 Å². The highest BCUT2D eigenvalue weighted by atomic mass is 16.5. The third kappa shape index (κ3) is 4.24. The number of carbonyl (C=O) groups is 1. The van der Waals surface area contributed by atoms with Gasteiger partial charge >= 0.3 is 0 Å². The second-order valence-electron chi connectivity index (χ2n) is 5.28. The van der Waals surface area contributed by atoms with Crippen LogP contribution in [0.1, 0.15) is 16.1 Å². The van der Waals surface area contributed by atoms with Crippen molar-refractivity contribution in [1.82, 2.24) is 29.6 Å². The van der Waals surface area contributed by atoms with Gasteiger partial charge in [0.25, 0.3) is 5.91 Å². The highest BCUT2D eigenvalue weighted by Gasteiger charge is 2.17. The van der Waals surface area contributed by atoms with Gasteiger partial charge in [0, 0.05) is 31.6 Å². The molecule has 0 aromatic carbocycles. The van der Waals surface area contributed by atoms with Crippen LogP contribution in [0.4, 0.5) is 0 Å². The molecule has 0 aliphatic rings. The lowest BCUT2D eigenvalue weighted by Crippen LogP contribution is -2.33. The van der Waals surface area contributed by atoms with Crippen molar-refractivity contribution in [3.8, 4) is 5.82 Å². The molecule has 3 aromatic heterocycles. The zero-order valence-corrected chi connectivity index (χ0v) is 13.8. The first-order chi connectivity index (χ1) is 12.3. The molecule has 0 saturated carbocycles. The number of nitrogens with zero attached hydrogens (tertiary/aromatic N) is 6. The number of hydrogen-bond donors (Lipinski definition) is 0. The van der Waals surface area contributed by atoms with Crippen molar-refractivity contribution in [2.75, 3.05) is 20.3 Å². The molecule has 128 valence electrons. The Hall–Kier alpha value is -3.13. The Bertz CT molecular complexity index is 807. The fourth-order valence-electron chi connectivity index (χ4n) is 2.33. The lowest BCUT2D eigenvalue weighted by Gasteiger charge is -2.22. The van der Waals surface area contributed by atoms with Crippen molar-refractivity contribution in [1.29, 1.82) is 0 Å². The molecule has 3 aromatic rings. The lowest BCUT2D eigenvalue weighted by molar-refractivity contribution is 0.0678. The van der Waals surface area contributed by atoms with Crippen LogP contribution >= 0.6 is 0 Å². The van der Waals surface area contributed by atoms with Gasteiger partial charge in [0.05, 0.1) is 18.8 Å². The Kier molecular flexibility index (Phi) is 5.43. The molecular weight excluding hydrogens is 320 g/mol. The molecule has 3 heterocycles. The first-order valence-electron chi connectivity index (χ1n) is 7.77. The second-order valence-corrected chi connectivity index (χ2v) is 5.28. The van der Waals surface area contributed by atoms with Gasteiger partial charge in [-0.25, -0.2) is 14.6 Å². The van der Waals surface area contributed by atoms with Gasteiger partial charge < -0.3 is 9.64 Å². The number of aromatic nitrogens is 5. The number of rotatable bonds is 7. The average molecular weight is 338 g/mol. The summed E-state index contributed by atoms with van der Waals surface area (Å²) in [6.07, 6.45) is 6.25. The summed E-state index contributed by atoms with van der Waals surface area (Å²) in [6, 6.07) is 9.01. The van der Waals surface area contributed by atoms with Gasteiger partial charge in [-0.3, -0.25) is 9.78 Å². The minimum Gasteiger partial charge on any atom is -0.383 e. The van der Waals surface area contributed by atoms with E-state index in [1.165, 1.54) is 17.3 Å². The van der Waals surface area contributed by atoms with E-state index in [0.29, 0.717) is 31.1 Å². The van der Waals surface area contributed by atoms with E-state index >= 15 is 0 Å². The molecule has 25 heavy (non-hydrogen) atoms. The maximum Gasteiger partial charge on any atom is 0.254 e. The van der Waals surface area contributed by atoms with Crippen molar-refractivity contribution in [2.45, 2.75) is 6.54 Å². The van der Waals surface area contributed by atoms with E-state index < -0.39 is 0 Å². The van der Waals surface area contributed by atoms with Gasteiger partial charge in [-0.2, -0.15) is 5.10 Å². The number of ether oxygens (including phenoxy) is 1. The molecule has 0 atom stereocenters. The van der Waals surface area contributed by atoms with Crippen LogP contribution in [-0.4, -0.2) is 55.8 Å². The van der Waals surface area contributed by atoms with Crippen LogP contribution in [-0.2, 0) is 11.3 Å². The maximum atomic E-state index is 12.9. The van der Waals surface area contributed by atoms with E-state index in [9.17, 15) is 4.79 Å². The van der Waals surface area contributed by atoms with E-state index in [4.69, 9.17) is 4.74 Å². The van der Waals surface area contributed by atoms with Gasteiger partial charge in [-0.15, -0.1) is 0 Å². The number of amides is 1. The molecule has 0 unspecified atom stereocenters. The van der Waals surface area contributed by atoms with E-state index in [-0.39, 0.29) is 5.91 Å². The Morgan fingerprint density at radius 2 is 2.16 bits per heavy atom. The van der Waals surface area contributed by atoms with Crippen LogP contribution in [0.15, 0.2) is 55.4 Å². The number of hydrogen-bond acceptors (Lipinski definition) is 6. The summed E-state index contributed by atoms with van der Waals surface area (Å²) in [5, 5.41) is 4.04. The fraction of sp³-hybridized carbons (Fsp3) is 0.235. The van der Waals surface area contributed by atoms with Gasteiger partial charge in [-0.1, -0.05) is 6.07 Å². The van der Waals surface area contributed by atoms with E-state index in [1.807, 2.05) is 18.2 Å². The van der Waals surface area contributed by atoms with Crippen molar-refractivity contribution in [3.05, 3.63) is 66.6 Å². The van der Waals surface area contributed by atoms with Gasteiger partial charge in [0.15, 0.2) is 5.82 Å². The standard InChI is InChI=1S/C17H18N6O2/c1-25-9-8-22(11-15-4-2-3-6-19-15)17(24)14-5-7-20-16(10-14)23-13-18-12-21-23/h2-7,10,12-13H,8-9,11H2,1H3. The smallest absolute Gasteiger partial charge is 0.254 e. The Morgan fingerprint density at radius 3 is 2.88 bits per heavy atom. The van der Waals surface area contributed by atoms with Crippen LogP contribution in [0.25, 0.3) is 5.82 Å². The molecule has 0 spiro atoms. The van der Waals surface area contributed by atoms with E-state index in [1.54, 1.807) is 36.5 Å². The SMILES string of the molecule is COCCN(Cc1ccccn1)C(=O)c1ccnc(-n2cncn2)c1. The topological polar surface area (TPSA) is 86.0 Å². The second kappa shape index (κ2) is 8.11. The first-order valence-corrected chi connectivity index (χ1v) is 7.77. The van der Waals surface area contributed by atoms with Gasteiger partial charge in [-0.05, 0) is 24.3 Å². The fourth-order valence-corrected chi connectivity index (χ4v) is 2.33. The van der Waals surface area contributed by atoms with Crippen LogP contribution in [0, 0.1) is 0 Å². The largest absolute Gasteiger partial charge is 0.383 e. The van der Waals surface area contributed by atoms with Crippen LogP contribution in [0.3, 0.4) is 0 Å². The summed E-state index contributed by atoms with van der Waals surface area (Å²) < 4.78 is 6.64. The minimum atomic E-state index is -0.119. The Labute approximate surface area is 145 Å². The summed E-state index contributed by atoms with van der Waals surface area (Å²) >= 11 is 0. The molecule has 0 aliphatic heterocycles. The zero-order valence-electron chi connectivity index (χ0n) is 13.8. The summed E-state index contributed by atoms with van der Waals surface area (Å²) in [4.78, 5) is 27.1. The summed E-state index contributed by atoms with van der Waals surface area (Å²) in [7, 11) is 1.61. The normalized spacial score (nSPS) is 10.6. The molecule has 3 rings (SSSR count). The predicted octanol–water partition coefficient (Wildman–Crippen LogP) is 1.35. The first kappa shape index (κ1) is 16.7. The van der Waals surface area contributed by atoms with E-state index in [2.05, 4.69) is 20.1 Å². The van der Waals surface area contributed by atoms with Crippen molar-refractivity contribution in [3.63, 3.8) is 0 Å². The summed E-state index contributed by atoms with van der Waals surface area (Å²) in [6.45, 7) is 1.32. The average Bonchev–Trinajstić information content (AvgIpc) is 3.20. The molecular formula is C17H18N6O2. The Balaban J connectivity index is 1.83. The molecule has 0 radical (unpaired) electrons.